The Bertz CT molecular complexity index is 1070. The maximum Gasteiger partial charge on any atom is 0.231 e. The van der Waals surface area contributed by atoms with Crippen LogP contribution in [-0.4, -0.2) is 12.1 Å². The Balaban J connectivity index is 1.82. The molecule has 26 heavy (non-hydrogen) atoms. The lowest BCUT2D eigenvalue weighted by molar-refractivity contribution is 0.350. The third-order valence-electron chi connectivity index (χ3n) is 6.54. The minimum absolute atomic E-state index is 0.00300. The standard InChI is InChI=1S/C23H23NO2/c1-14-22(26-2)21(25)18-11-17-15-7-6-10-23(13-15,16-8-4-3-5-9-16)19(17)12-20(18)24-14/h3-5,8-9,11-12,15H,6-7,10,13H2,1-2H3,(H,24,25)/t15-,23-/m0/s1. The highest BCUT2D eigenvalue weighted by Gasteiger charge is 2.47. The number of aromatic nitrogens is 1. The molecule has 0 amide bonds. The van der Waals surface area contributed by atoms with E-state index in [2.05, 4.69) is 47.4 Å². The first-order chi connectivity index (χ1) is 12.6. The third kappa shape index (κ3) is 1.97. The van der Waals surface area contributed by atoms with Gasteiger partial charge in [-0.1, -0.05) is 36.8 Å². The van der Waals surface area contributed by atoms with Gasteiger partial charge in [0.1, 0.15) is 0 Å². The van der Waals surface area contributed by atoms with E-state index in [4.69, 9.17) is 4.74 Å². The van der Waals surface area contributed by atoms with Crippen molar-refractivity contribution in [3.8, 4) is 5.75 Å². The van der Waals surface area contributed by atoms with Crippen LogP contribution < -0.4 is 10.2 Å². The lowest BCUT2D eigenvalue weighted by Gasteiger charge is -2.35. The van der Waals surface area contributed by atoms with Gasteiger partial charge in [-0.25, -0.2) is 0 Å². The fraction of sp³-hybridized carbons (Fsp3) is 0.348. The minimum atomic E-state index is -0.00300. The average Bonchev–Trinajstić information content (AvgIpc) is 2.89. The quantitative estimate of drug-likeness (QED) is 0.725. The van der Waals surface area contributed by atoms with E-state index in [1.54, 1.807) is 7.11 Å². The van der Waals surface area contributed by atoms with Crippen molar-refractivity contribution in [2.75, 3.05) is 7.11 Å². The molecule has 0 spiro atoms. The summed E-state index contributed by atoms with van der Waals surface area (Å²) < 4.78 is 5.34. The predicted octanol–water partition coefficient (Wildman–Crippen LogP) is 4.80. The SMILES string of the molecule is COc1c(C)[nH]c2cc3c(cc2c1=O)[C@H]1CCC[C@@]3(c2ccccc2)C1. The first-order valence-electron chi connectivity index (χ1n) is 9.44. The van der Waals surface area contributed by atoms with Crippen LogP contribution in [0.4, 0.5) is 0 Å². The van der Waals surface area contributed by atoms with Gasteiger partial charge in [-0.05, 0) is 60.9 Å². The molecule has 2 aromatic carbocycles. The Morgan fingerprint density at radius 2 is 2.00 bits per heavy atom. The Morgan fingerprint density at radius 1 is 1.19 bits per heavy atom. The smallest absolute Gasteiger partial charge is 0.231 e. The largest absolute Gasteiger partial charge is 0.491 e. The summed E-state index contributed by atoms with van der Waals surface area (Å²) in [4.78, 5) is 16.3. The maximum atomic E-state index is 12.9. The van der Waals surface area contributed by atoms with Crippen molar-refractivity contribution < 1.29 is 4.74 Å². The second kappa shape index (κ2) is 5.47. The van der Waals surface area contributed by atoms with Crippen molar-refractivity contribution in [1.82, 2.24) is 4.98 Å². The molecule has 1 heterocycles. The second-order valence-electron chi connectivity index (χ2n) is 7.84. The molecule has 0 unspecified atom stereocenters. The molecule has 2 bridgehead atoms. The van der Waals surface area contributed by atoms with E-state index in [1.165, 1.54) is 36.0 Å². The van der Waals surface area contributed by atoms with Crippen LogP contribution in [0.1, 0.15) is 54.0 Å². The van der Waals surface area contributed by atoms with E-state index in [9.17, 15) is 4.79 Å². The fourth-order valence-electron chi connectivity index (χ4n) is 5.42. The van der Waals surface area contributed by atoms with Gasteiger partial charge in [0.25, 0.3) is 0 Å². The topological polar surface area (TPSA) is 42.1 Å². The van der Waals surface area contributed by atoms with Crippen molar-refractivity contribution in [2.24, 2.45) is 0 Å². The first kappa shape index (κ1) is 15.7. The third-order valence-corrected chi connectivity index (χ3v) is 6.54. The molecule has 0 aliphatic heterocycles. The molecule has 5 rings (SSSR count). The highest BCUT2D eigenvalue weighted by molar-refractivity contribution is 5.83. The number of fused-ring (bicyclic) bond motifs is 6. The van der Waals surface area contributed by atoms with Gasteiger partial charge in [-0.15, -0.1) is 0 Å². The molecule has 3 heteroatoms. The Labute approximate surface area is 153 Å². The first-order valence-corrected chi connectivity index (χ1v) is 9.44. The van der Waals surface area contributed by atoms with Gasteiger partial charge in [0.2, 0.25) is 5.43 Å². The minimum Gasteiger partial charge on any atom is -0.491 e. The van der Waals surface area contributed by atoms with E-state index >= 15 is 0 Å². The molecular weight excluding hydrogens is 322 g/mol. The molecule has 0 saturated heterocycles. The molecular formula is C23H23NO2. The van der Waals surface area contributed by atoms with Crippen molar-refractivity contribution >= 4 is 10.9 Å². The number of hydrogen-bond acceptors (Lipinski definition) is 2. The van der Waals surface area contributed by atoms with Crippen molar-refractivity contribution in [3.63, 3.8) is 0 Å². The Kier molecular flexibility index (Phi) is 3.30. The van der Waals surface area contributed by atoms with Gasteiger partial charge < -0.3 is 9.72 Å². The molecule has 1 fully saturated rings. The molecule has 2 atom stereocenters. The summed E-state index contributed by atoms with van der Waals surface area (Å²) in [5.41, 5.74) is 6.01. The molecule has 2 aliphatic rings. The van der Waals surface area contributed by atoms with Crippen molar-refractivity contribution in [2.45, 2.75) is 43.9 Å². The predicted molar refractivity (Wildman–Crippen MR) is 104 cm³/mol. The van der Waals surface area contributed by atoms with E-state index in [0.29, 0.717) is 11.7 Å². The van der Waals surface area contributed by atoms with E-state index in [1.807, 2.05) is 6.92 Å². The molecule has 1 N–H and O–H groups in total. The van der Waals surface area contributed by atoms with Crippen LogP contribution in [0.15, 0.2) is 47.3 Å². The fourth-order valence-corrected chi connectivity index (χ4v) is 5.42. The van der Waals surface area contributed by atoms with Crippen LogP contribution in [0.25, 0.3) is 10.9 Å². The lowest BCUT2D eigenvalue weighted by Crippen LogP contribution is -2.27. The number of aryl methyl sites for hydroxylation is 1. The summed E-state index contributed by atoms with van der Waals surface area (Å²) in [5.74, 6) is 0.978. The van der Waals surface area contributed by atoms with Gasteiger partial charge in [0.05, 0.1) is 18.3 Å². The van der Waals surface area contributed by atoms with E-state index in [-0.39, 0.29) is 10.8 Å². The zero-order chi connectivity index (χ0) is 17.9. The Morgan fingerprint density at radius 3 is 2.77 bits per heavy atom. The molecule has 3 aromatic rings. The van der Waals surface area contributed by atoms with E-state index in [0.717, 1.165) is 23.0 Å². The summed E-state index contributed by atoms with van der Waals surface area (Å²) in [5, 5.41) is 0.752. The zero-order valence-corrected chi connectivity index (χ0v) is 15.3. The molecule has 1 aromatic heterocycles. The highest BCUT2D eigenvalue weighted by Crippen LogP contribution is 2.58. The van der Waals surface area contributed by atoms with Crippen LogP contribution in [0.2, 0.25) is 0 Å². The molecule has 3 nitrogen and oxygen atoms in total. The number of nitrogens with one attached hydrogen (secondary N) is 1. The van der Waals surface area contributed by atoms with Crippen LogP contribution in [0.5, 0.6) is 5.75 Å². The number of H-pyrrole nitrogens is 1. The number of ether oxygens (including phenoxy) is 1. The average molecular weight is 345 g/mol. The van der Waals surface area contributed by atoms with Crippen molar-refractivity contribution in [1.29, 1.82) is 0 Å². The van der Waals surface area contributed by atoms with Crippen molar-refractivity contribution in [3.05, 3.63) is 75.1 Å². The summed E-state index contributed by atoms with van der Waals surface area (Å²) in [7, 11) is 1.56. The van der Waals surface area contributed by atoms with Crippen LogP contribution in [0.3, 0.4) is 0 Å². The number of hydrogen-bond donors (Lipinski definition) is 1. The zero-order valence-electron chi connectivity index (χ0n) is 15.3. The number of aromatic amines is 1. The summed E-state index contributed by atoms with van der Waals surface area (Å²) >= 11 is 0. The van der Waals surface area contributed by atoms with Crippen LogP contribution in [-0.2, 0) is 5.41 Å². The van der Waals surface area contributed by atoms with Gasteiger partial charge >= 0.3 is 0 Å². The summed E-state index contributed by atoms with van der Waals surface area (Å²) in [6.45, 7) is 1.90. The number of methoxy groups -OCH3 is 1. The van der Waals surface area contributed by atoms with Gasteiger partial charge in [-0.3, -0.25) is 4.79 Å². The second-order valence-corrected chi connectivity index (χ2v) is 7.84. The maximum absolute atomic E-state index is 12.9. The lowest BCUT2D eigenvalue weighted by atomic mass is 9.68. The number of pyridine rings is 1. The molecule has 0 radical (unpaired) electrons. The monoisotopic (exact) mass is 345 g/mol. The van der Waals surface area contributed by atoms with Crippen LogP contribution >= 0.6 is 0 Å². The van der Waals surface area contributed by atoms with Gasteiger partial charge in [0.15, 0.2) is 5.75 Å². The molecule has 2 aliphatic carbocycles. The van der Waals surface area contributed by atoms with Crippen LogP contribution in [0, 0.1) is 6.92 Å². The number of rotatable bonds is 2. The normalized spacial score (nSPS) is 23.8. The van der Waals surface area contributed by atoms with Gasteiger partial charge in [0, 0.05) is 10.8 Å². The Hall–Kier alpha value is -2.55. The van der Waals surface area contributed by atoms with E-state index < -0.39 is 0 Å². The summed E-state index contributed by atoms with van der Waals surface area (Å²) in [6, 6.07) is 15.3. The molecule has 1 saturated carbocycles. The van der Waals surface area contributed by atoms with Gasteiger partial charge in [-0.2, -0.15) is 0 Å². The highest BCUT2D eigenvalue weighted by atomic mass is 16.5. The molecule has 132 valence electrons. The summed E-state index contributed by atoms with van der Waals surface area (Å²) in [6.07, 6.45) is 4.80. The number of benzene rings is 2.